The predicted molar refractivity (Wildman–Crippen MR) is 80.8 cm³/mol. The second-order valence-electron chi connectivity index (χ2n) is 5.43. The lowest BCUT2D eigenvalue weighted by Crippen LogP contribution is -2.36. The molecule has 1 rings (SSSR count). The number of amides is 1. The number of carbonyl (C=O) groups excluding carboxylic acids is 1. The van der Waals surface area contributed by atoms with Gasteiger partial charge in [0.25, 0.3) is 0 Å². The lowest BCUT2D eigenvalue weighted by molar-refractivity contribution is -0.137. The zero-order valence-corrected chi connectivity index (χ0v) is 13.5. The van der Waals surface area contributed by atoms with Crippen LogP contribution in [-0.2, 0) is 9.53 Å². The van der Waals surface area contributed by atoms with Crippen LogP contribution in [0.25, 0.3) is 0 Å². The highest BCUT2D eigenvalue weighted by Gasteiger charge is 2.25. The molecule has 21 heavy (non-hydrogen) atoms. The number of hydrogen-bond acceptors (Lipinski definition) is 3. The quantitative estimate of drug-likeness (QED) is 0.871. The topological polar surface area (TPSA) is 75.6 Å². The zero-order chi connectivity index (χ0) is 16.2. The van der Waals surface area contributed by atoms with Gasteiger partial charge in [-0.1, -0.05) is 29.3 Å². The summed E-state index contributed by atoms with van der Waals surface area (Å²) in [7, 11) is 0. The van der Waals surface area contributed by atoms with Crippen LogP contribution in [0, 0.1) is 0 Å². The van der Waals surface area contributed by atoms with Crippen molar-refractivity contribution >= 4 is 35.3 Å². The van der Waals surface area contributed by atoms with E-state index in [4.69, 9.17) is 33.0 Å². The molecule has 0 aliphatic rings. The van der Waals surface area contributed by atoms with E-state index in [0.29, 0.717) is 5.56 Å². The first-order chi connectivity index (χ1) is 9.60. The summed E-state index contributed by atoms with van der Waals surface area (Å²) >= 11 is 12.1. The second-order valence-corrected chi connectivity index (χ2v) is 6.25. The monoisotopic (exact) mass is 333 g/mol. The van der Waals surface area contributed by atoms with Gasteiger partial charge in [-0.15, -0.1) is 0 Å². The van der Waals surface area contributed by atoms with Crippen LogP contribution in [-0.4, -0.2) is 22.8 Å². The van der Waals surface area contributed by atoms with Gasteiger partial charge in [0.2, 0.25) is 0 Å². The third-order valence-corrected chi connectivity index (χ3v) is 3.08. The van der Waals surface area contributed by atoms with E-state index < -0.39 is 23.7 Å². The van der Waals surface area contributed by atoms with E-state index >= 15 is 0 Å². The number of carbonyl (C=O) groups is 2. The fourth-order valence-electron chi connectivity index (χ4n) is 1.69. The van der Waals surface area contributed by atoms with Crippen LogP contribution in [0.2, 0.25) is 10.0 Å². The van der Waals surface area contributed by atoms with Crippen molar-refractivity contribution in [2.45, 2.75) is 38.8 Å². The first kappa shape index (κ1) is 17.6. The van der Waals surface area contributed by atoms with Gasteiger partial charge < -0.3 is 15.2 Å². The van der Waals surface area contributed by atoms with Crippen molar-refractivity contribution in [3.63, 3.8) is 0 Å². The van der Waals surface area contributed by atoms with Crippen molar-refractivity contribution in [2.75, 3.05) is 0 Å². The van der Waals surface area contributed by atoms with Crippen LogP contribution >= 0.6 is 23.2 Å². The molecule has 0 heterocycles. The van der Waals surface area contributed by atoms with Crippen molar-refractivity contribution in [1.82, 2.24) is 5.32 Å². The number of aliphatic carboxylic acids is 1. The fraction of sp³-hybridized carbons (Fsp3) is 0.429. The molecule has 2 N–H and O–H groups in total. The number of benzene rings is 1. The highest BCUT2D eigenvalue weighted by atomic mass is 35.5. The maximum absolute atomic E-state index is 11.8. The van der Waals surface area contributed by atoms with Gasteiger partial charge in [-0.25, -0.2) is 4.79 Å². The molecule has 1 amide bonds. The first-order valence-electron chi connectivity index (χ1n) is 6.25. The fourth-order valence-corrected chi connectivity index (χ4v) is 2.35. The van der Waals surface area contributed by atoms with Crippen molar-refractivity contribution in [2.24, 2.45) is 0 Å². The molecule has 0 saturated heterocycles. The Morgan fingerprint density at radius 2 is 1.81 bits per heavy atom. The summed E-state index contributed by atoms with van der Waals surface area (Å²) in [5.41, 5.74) is -0.337. The molecule has 0 saturated carbocycles. The molecule has 7 heteroatoms. The molecule has 0 bridgehead atoms. The standard InChI is InChI=1S/C14H17Cl2NO4/c1-14(2,3)21-13(20)17-10(7-11(18)19)12-8(15)5-4-6-9(12)16/h4-6,10H,7H2,1-3H3,(H,17,20)(H,18,19). The van der Waals surface area contributed by atoms with Crippen LogP contribution in [0.5, 0.6) is 0 Å². The molecule has 1 aromatic carbocycles. The number of carboxylic acids is 1. The SMILES string of the molecule is CC(C)(C)OC(=O)NC(CC(=O)O)c1c(Cl)cccc1Cl. The number of hydrogen-bond donors (Lipinski definition) is 2. The Balaban J connectivity index is 3.01. The van der Waals surface area contributed by atoms with Crippen molar-refractivity contribution < 1.29 is 19.4 Å². The highest BCUT2D eigenvalue weighted by Crippen LogP contribution is 2.32. The number of alkyl carbamates (subject to hydrolysis) is 1. The van der Waals surface area contributed by atoms with Gasteiger partial charge in [0, 0.05) is 15.6 Å². The smallest absolute Gasteiger partial charge is 0.408 e. The summed E-state index contributed by atoms with van der Waals surface area (Å²) in [6.07, 6.45) is -1.09. The molecule has 0 aromatic heterocycles. The molecule has 0 radical (unpaired) electrons. The minimum Gasteiger partial charge on any atom is -0.481 e. The number of nitrogens with one attached hydrogen (secondary N) is 1. The van der Waals surface area contributed by atoms with Gasteiger partial charge in [-0.2, -0.15) is 0 Å². The van der Waals surface area contributed by atoms with Crippen molar-refractivity contribution in [1.29, 1.82) is 0 Å². The molecule has 1 atom stereocenters. The Kier molecular flexibility index (Phi) is 5.87. The molecule has 1 unspecified atom stereocenters. The van der Waals surface area contributed by atoms with E-state index in [9.17, 15) is 9.59 Å². The van der Waals surface area contributed by atoms with Gasteiger partial charge in [-0.05, 0) is 32.9 Å². The van der Waals surface area contributed by atoms with Gasteiger partial charge in [-0.3, -0.25) is 4.79 Å². The minimum atomic E-state index is -1.09. The molecule has 0 fully saturated rings. The third-order valence-electron chi connectivity index (χ3n) is 2.42. The molecular formula is C14H17Cl2NO4. The summed E-state index contributed by atoms with van der Waals surface area (Å²) in [5, 5.41) is 12.1. The van der Waals surface area contributed by atoms with Gasteiger partial charge in [0.15, 0.2) is 0 Å². The molecule has 116 valence electrons. The highest BCUT2D eigenvalue weighted by molar-refractivity contribution is 6.36. The number of halogens is 2. The first-order valence-corrected chi connectivity index (χ1v) is 7.01. The second kappa shape index (κ2) is 7.00. The Morgan fingerprint density at radius 3 is 2.24 bits per heavy atom. The summed E-state index contributed by atoms with van der Waals surface area (Å²) in [6.45, 7) is 5.13. The maximum atomic E-state index is 11.8. The van der Waals surface area contributed by atoms with Gasteiger partial charge in [0.1, 0.15) is 5.60 Å². The number of carboxylic acid groups (broad SMARTS) is 1. The Hall–Kier alpha value is -1.46. The predicted octanol–water partition coefficient (Wildman–Crippen LogP) is 4.03. The average molecular weight is 334 g/mol. The normalized spacial score (nSPS) is 12.6. The van der Waals surface area contributed by atoms with Crippen LogP contribution < -0.4 is 5.32 Å². The summed E-state index contributed by atoms with van der Waals surface area (Å²) in [5.74, 6) is -1.09. The Bertz CT molecular complexity index is 520. The van der Waals surface area contributed by atoms with Crippen LogP contribution in [0.15, 0.2) is 18.2 Å². The van der Waals surface area contributed by atoms with E-state index in [1.165, 1.54) is 0 Å². The minimum absolute atomic E-state index is 0.282. The molecule has 0 aliphatic carbocycles. The number of rotatable bonds is 4. The molecule has 0 aliphatic heterocycles. The molecule has 1 aromatic rings. The Morgan fingerprint density at radius 1 is 1.29 bits per heavy atom. The lowest BCUT2D eigenvalue weighted by Gasteiger charge is -2.24. The summed E-state index contributed by atoms with van der Waals surface area (Å²) in [4.78, 5) is 22.8. The van der Waals surface area contributed by atoms with Crippen molar-refractivity contribution in [3.05, 3.63) is 33.8 Å². The van der Waals surface area contributed by atoms with E-state index in [1.54, 1.807) is 39.0 Å². The van der Waals surface area contributed by atoms with Crippen LogP contribution in [0.4, 0.5) is 4.79 Å². The van der Waals surface area contributed by atoms with E-state index in [2.05, 4.69) is 5.32 Å². The van der Waals surface area contributed by atoms with E-state index in [1.807, 2.05) is 0 Å². The average Bonchev–Trinajstić information content (AvgIpc) is 2.24. The van der Waals surface area contributed by atoms with E-state index in [0.717, 1.165) is 0 Å². The summed E-state index contributed by atoms with van der Waals surface area (Å²) < 4.78 is 5.12. The van der Waals surface area contributed by atoms with Crippen molar-refractivity contribution in [3.8, 4) is 0 Å². The Labute approximate surface area is 133 Å². The van der Waals surface area contributed by atoms with Crippen LogP contribution in [0.1, 0.15) is 38.8 Å². The third kappa shape index (κ3) is 5.81. The number of ether oxygens (including phenoxy) is 1. The van der Waals surface area contributed by atoms with Crippen LogP contribution in [0.3, 0.4) is 0 Å². The molecular weight excluding hydrogens is 317 g/mol. The van der Waals surface area contributed by atoms with Gasteiger partial charge >= 0.3 is 12.1 Å². The largest absolute Gasteiger partial charge is 0.481 e. The van der Waals surface area contributed by atoms with Gasteiger partial charge in [0.05, 0.1) is 12.5 Å². The molecule has 5 nitrogen and oxygen atoms in total. The van der Waals surface area contributed by atoms with E-state index in [-0.39, 0.29) is 16.5 Å². The lowest BCUT2D eigenvalue weighted by atomic mass is 10.0. The molecule has 0 spiro atoms. The summed E-state index contributed by atoms with van der Waals surface area (Å²) in [6, 6.07) is 3.92. The maximum Gasteiger partial charge on any atom is 0.408 e. The zero-order valence-electron chi connectivity index (χ0n) is 11.9.